The standard InChI is InChI=1S/C11H12N2O2S2/c14-9-3-1-8(2-4-9)13-10(15)7-17-11-12-5-6-16-11/h1-4,14H,5-7H2,(H,13,15). The lowest BCUT2D eigenvalue weighted by atomic mass is 10.3. The van der Waals surface area contributed by atoms with Gasteiger partial charge in [0.1, 0.15) is 10.1 Å². The van der Waals surface area contributed by atoms with Crippen molar-refractivity contribution in [3.8, 4) is 5.75 Å². The monoisotopic (exact) mass is 268 g/mol. The molecule has 0 aliphatic carbocycles. The van der Waals surface area contributed by atoms with E-state index in [4.69, 9.17) is 5.11 Å². The normalized spacial score (nSPS) is 14.5. The highest BCUT2D eigenvalue weighted by Gasteiger charge is 2.10. The minimum atomic E-state index is -0.0594. The van der Waals surface area contributed by atoms with E-state index in [9.17, 15) is 4.79 Å². The third kappa shape index (κ3) is 3.98. The summed E-state index contributed by atoms with van der Waals surface area (Å²) < 4.78 is 0.992. The fourth-order valence-corrected chi connectivity index (χ4v) is 3.08. The van der Waals surface area contributed by atoms with Crippen LogP contribution >= 0.6 is 23.5 Å². The van der Waals surface area contributed by atoms with E-state index in [2.05, 4.69) is 10.3 Å². The molecule has 17 heavy (non-hydrogen) atoms. The molecule has 0 radical (unpaired) electrons. The van der Waals surface area contributed by atoms with E-state index in [0.717, 1.165) is 16.7 Å². The van der Waals surface area contributed by atoms with E-state index < -0.39 is 0 Å². The smallest absolute Gasteiger partial charge is 0.234 e. The predicted octanol–water partition coefficient (Wildman–Crippen LogP) is 2.17. The lowest BCUT2D eigenvalue weighted by Crippen LogP contribution is -2.14. The number of hydrogen-bond acceptors (Lipinski definition) is 5. The van der Waals surface area contributed by atoms with Gasteiger partial charge in [-0.15, -0.1) is 0 Å². The molecule has 2 N–H and O–H groups in total. The van der Waals surface area contributed by atoms with Gasteiger partial charge in [-0.05, 0) is 24.3 Å². The highest BCUT2D eigenvalue weighted by atomic mass is 32.2. The number of aromatic hydroxyl groups is 1. The molecular formula is C11H12N2O2S2. The number of thioether (sulfide) groups is 2. The topological polar surface area (TPSA) is 61.7 Å². The second-order valence-corrected chi connectivity index (χ2v) is 5.69. The maximum atomic E-state index is 11.6. The zero-order valence-electron chi connectivity index (χ0n) is 9.05. The number of hydrogen-bond donors (Lipinski definition) is 2. The van der Waals surface area contributed by atoms with Crippen LogP contribution in [0.2, 0.25) is 0 Å². The van der Waals surface area contributed by atoms with Gasteiger partial charge in [-0.2, -0.15) is 0 Å². The predicted molar refractivity (Wildman–Crippen MR) is 74.0 cm³/mol. The molecule has 2 rings (SSSR count). The second kappa shape index (κ2) is 5.97. The summed E-state index contributed by atoms with van der Waals surface area (Å²) in [5.41, 5.74) is 0.689. The van der Waals surface area contributed by atoms with Crippen molar-refractivity contribution < 1.29 is 9.90 Å². The Morgan fingerprint density at radius 3 is 2.88 bits per heavy atom. The van der Waals surface area contributed by atoms with E-state index in [1.165, 1.54) is 11.8 Å². The van der Waals surface area contributed by atoms with Crippen LogP contribution in [0.15, 0.2) is 29.3 Å². The van der Waals surface area contributed by atoms with Crippen LogP contribution in [0.3, 0.4) is 0 Å². The SMILES string of the molecule is O=C(CSC1=NCCS1)Nc1ccc(O)cc1. The lowest BCUT2D eigenvalue weighted by molar-refractivity contribution is -0.113. The number of phenols is 1. The van der Waals surface area contributed by atoms with Crippen molar-refractivity contribution in [2.45, 2.75) is 0 Å². The maximum absolute atomic E-state index is 11.6. The molecule has 0 aromatic heterocycles. The van der Waals surface area contributed by atoms with Gasteiger partial charge >= 0.3 is 0 Å². The number of carbonyl (C=O) groups is 1. The Labute approximate surface area is 108 Å². The molecule has 0 bridgehead atoms. The Bertz CT molecular complexity index is 432. The Morgan fingerprint density at radius 1 is 1.47 bits per heavy atom. The summed E-state index contributed by atoms with van der Waals surface area (Å²) >= 11 is 3.16. The zero-order chi connectivity index (χ0) is 12.1. The number of nitrogens with one attached hydrogen (secondary N) is 1. The molecule has 0 atom stereocenters. The number of carbonyl (C=O) groups excluding carboxylic acids is 1. The molecule has 0 spiro atoms. The fourth-order valence-electron chi connectivity index (χ4n) is 1.27. The number of amides is 1. The number of phenolic OH excluding ortho intramolecular Hbond substituents is 1. The molecule has 1 aromatic carbocycles. The average molecular weight is 268 g/mol. The molecule has 4 nitrogen and oxygen atoms in total. The maximum Gasteiger partial charge on any atom is 0.234 e. The number of nitrogens with zero attached hydrogens (tertiary/aromatic N) is 1. The Balaban J connectivity index is 1.78. The van der Waals surface area contributed by atoms with Gasteiger partial charge in [0.25, 0.3) is 0 Å². The van der Waals surface area contributed by atoms with Gasteiger partial charge in [0.2, 0.25) is 5.91 Å². The Hall–Kier alpha value is -1.14. The highest BCUT2D eigenvalue weighted by Crippen LogP contribution is 2.22. The van der Waals surface area contributed by atoms with Gasteiger partial charge in [0, 0.05) is 11.4 Å². The van der Waals surface area contributed by atoms with E-state index in [1.54, 1.807) is 36.0 Å². The second-order valence-electron chi connectivity index (χ2n) is 3.38. The van der Waals surface area contributed by atoms with Crippen LogP contribution in [0.5, 0.6) is 5.75 Å². The summed E-state index contributed by atoms with van der Waals surface area (Å²) in [4.78, 5) is 15.9. The van der Waals surface area contributed by atoms with Crippen molar-refractivity contribution in [1.82, 2.24) is 0 Å². The van der Waals surface area contributed by atoms with Crippen molar-refractivity contribution in [3.63, 3.8) is 0 Å². The average Bonchev–Trinajstić information content (AvgIpc) is 2.83. The molecule has 1 aliphatic rings. The molecule has 0 unspecified atom stereocenters. The molecule has 1 heterocycles. The zero-order valence-corrected chi connectivity index (χ0v) is 10.7. The molecule has 6 heteroatoms. The number of aliphatic imine (C=N–C) groups is 1. The van der Waals surface area contributed by atoms with E-state index in [0.29, 0.717) is 11.4 Å². The van der Waals surface area contributed by atoms with Gasteiger partial charge in [0.05, 0.1) is 12.3 Å². The molecule has 1 aliphatic heterocycles. The van der Waals surface area contributed by atoms with Crippen LogP contribution in [-0.2, 0) is 4.79 Å². The summed E-state index contributed by atoms with van der Waals surface area (Å²) in [6, 6.07) is 6.42. The van der Waals surface area contributed by atoms with E-state index >= 15 is 0 Å². The van der Waals surface area contributed by atoms with Crippen LogP contribution < -0.4 is 5.32 Å². The lowest BCUT2D eigenvalue weighted by Gasteiger charge is -2.04. The molecule has 1 amide bonds. The molecule has 90 valence electrons. The summed E-state index contributed by atoms with van der Waals surface area (Å²) in [6.07, 6.45) is 0. The third-order valence-electron chi connectivity index (χ3n) is 2.04. The summed E-state index contributed by atoms with van der Waals surface area (Å²) in [5, 5.41) is 11.9. The molecule has 0 saturated heterocycles. The number of anilines is 1. The minimum absolute atomic E-state index is 0.0594. The first-order valence-electron chi connectivity index (χ1n) is 5.13. The van der Waals surface area contributed by atoms with E-state index in [1.807, 2.05) is 0 Å². The largest absolute Gasteiger partial charge is 0.508 e. The van der Waals surface area contributed by atoms with Gasteiger partial charge in [0.15, 0.2) is 0 Å². The van der Waals surface area contributed by atoms with Gasteiger partial charge in [-0.1, -0.05) is 23.5 Å². The summed E-state index contributed by atoms with van der Waals surface area (Å²) in [5.74, 6) is 1.51. The van der Waals surface area contributed by atoms with Crippen molar-refractivity contribution in [2.75, 3.05) is 23.4 Å². The van der Waals surface area contributed by atoms with Crippen LogP contribution in [0.4, 0.5) is 5.69 Å². The van der Waals surface area contributed by atoms with Crippen LogP contribution in [0, 0.1) is 0 Å². The number of rotatable bonds is 3. The quantitative estimate of drug-likeness (QED) is 0.825. The van der Waals surface area contributed by atoms with Crippen LogP contribution in [0.1, 0.15) is 0 Å². The van der Waals surface area contributed by atoms with Crippen LogP contribution in [0.25, 0.3) is 0 Å². The van der Waals surface area contributed by atoms with Crippen molar-refractivity contribution in [1.29, 1.82) is 0 Å². The summed E-state index contributed by atoms with van der Waals surface area (Å²) in [6.45, 7) is 0.854. The van der Waals surface area contributed by atoms with Crippen molar-refractivity contribution in [3.05, 3.63) is 24.3 Å². The highest BCUT2D eigenvalue weighted by molar-refractivity contribution is 8.39. The van der Waals surface area contributed by atoms with Gasteiger partial charge in [-0.3, -0.25) is 9.79 Å². The fraction of sp³-hybridized carbons (Fsp3) is 0.273. The number of benzene rings is 1. The van der Waals surface area contributed by atoms with Gasteiger partial charge < -0.3 is 10.4 Å². The molecule has 0 saturated carbocycles. The van der Waals surface area contributed by atoms with Crippen molar-refractivity contribution in [2.24, 2.45) is 4.99 Å². The molecule has 0 fully saturated rings. The third-order valence-corrected chi connectivity index (χ3v) is 4.29. The minimum Gasteiger partial charge on any atom is -0.508 e. The van der Waals surface area contributed by atoms with Gasteiger partial charge in [-0.25, -0.2) is 0 Å². The summed E-state index contributed by atoms with van der Waals surface area (Å²) in [7, 11) is 0. The Kier molecular flexibility index (Phi) is 4.33. The van der Waals surface area contributed by atoms with E-state index in [-0.39, 0.29) is 11.7 Å². The Morgan fingerprint density at radius 2 is 2.24 bits per heavy atom. The first kappa shape index (κ1) is 12.3. The first-order valence-corrected chi connectivity index (χ1v) is 7.10. The van der Waals surface area contributed by atoms with Crippen LogP contribution in [-0.4, -0.2) is 33.4 Å². The molecular weight excluding hydrogens is 256 g/mol. The first-order chi connectivity index (χ1) is 8.24. The molecule has 1 aromatic rings. The van der Waals surface area contributed by atoms with Crippen molar-refractivity contribution >= 4 is 39.5 Å².